The first kappa shape index (κ1) is 21.7. The Morgan fingerprint density at radius 2 is 1.92 bits per heavy atom. The van der Waals surface area contributed by atoms with Crippen molar-refractivity contribution < 1.29 is 14.6 Å². The summed E-state index contributed by atoms with van der Waals surface area (Å²) in [6, 6.07) is 7.77. The van der Waals surface area contributed by atoms with Crippen LogP contribution < -0.4 is 0 Å². The molecule has 0 unspecified atom stereocenters. The summed E-state index contributed by atoms with van der Waals surface area (Å²) >= 11 is 0. The molecule has 0 spiro atoms. The molecule has 0 aliphatic rings. The van der Waals surface area contributed by atoms with Gasteiger partial charge in [0.1, 0.15) is 12.1 Å². The summed E-state index contributed by atoms with van der Waals surface area (Å²) in [6.45, 7) is 1.80. The smallest absolute Gasteiger partial charge is 0.338 e. The van der Waals surface area contributed by atoms with E-state index in [9.17, 15) is 9.90 Å². The number of benzene rings is 1. The molecule has 0 heterocycles. The molecule has 1 aromatic carbocycles. The van der Waals surface area contributed by atoms with Crippen LogP contribution in [0, 0.1) is 0 Å². The third-order valence-electron chi connectivity index (χ3n) is 4.07. The van der Waals surface area contributed by atoms with Gasteiger partial charge in [-0.2, -0.15) is 0 Å². The lowest BCUT2D eigenvalue weighted by Crippen LogP contribution is -2.31. The van der Waals surface area contributed by atoms with E-state index >= 15 is 0 Å². The van der Waals surface area contributed by atoms with E-state index in [-0.39, 0.29) is 0 Å². The van der Waals surface area contributed by atoms with Crippen molar-refractivity contribution in [1.29, 1.82) is 0 Å². The molecule has 0 bridgehead atoms. The molecule has 1 N–H and O–H groups in total. The van der Waals surface area contributed by atoms with Crippen molar-refractivity contribution in [3.63, 3.8) is 0 Å². The fourth-order valence-corrected chi connectivity index (χ4v) is 2.56. The first-order valence-corrected chi connectivity index (χ1v) is 9.30. The van der Waals surface area contributed by atoms with E-state index in [1.807, 2.05) is 12.1 Å². The van der Waals surface area contributed by atoms with Gasteiger partial charge >= 0.3 is 5.97 Å². The summed E-state index contributed by atoms with van der Waals surface area (Å²) in [4.78, 5) is 15.0. The standard InChI is InChI=1S/C20H29N3O3/c1-2-3-4-5-6-7-8-12-15-19(18(16-24)22-23-21)26-20(25)17-13-10-9-11-14-17/h9-15,18-19,24H,2-8,16H2,1H3/b15-12+/t18-,19+/m0/s1. The number of carbonyl (C=O) groups is 1. The van der Waals surface area contributed by atoms with Crippen molar-refractivity contribution in [2.75, 3.05) is 6.61 Å². The van der Waals surface area contributed by atoms with Crippen molar-refractivity contribution in [2.45, 2.75) is 64.0 Å². The Kier molecular flexibility index (Phi) is 11.6. The predicted octanol–water partition coefficient (Wildman–Crippen LogP) is 5.19. The number of ether oxygens (including phenoxy) is 1. The number of rotatable bonds is 13. The van der Waals surface area contributed by atoms with Gasteiger partial charge in [-0.1, -0.05) is 68.4 Å². The maximum Gasteiger partial charge on any atom is 0.338 e. The molecule has 6 heteroatoms. The fourth-order valence-electron chi connectivity index (χ4n) is 2.56. The Balaban J connectivity index is 2.60. The molecule has 6 nitrogen and oxygen atoms in total. The van der Waals surface area contributed by atoms with Crippen LogP contribution in [0.5, 0.6) is 0 Å². The quantitative estimate of drug-likeness (QED) is 0.131. The number of unbranched alkanes of at least 4 members (excludes halogenated alkanes) is 6. The van der Waals surface area contributed by atoms with Gasteiger partial charge in [0, 0.05) is 4.91 Å². The van der Waals surface area contributed by atoms with Crippen molar-refractivity contribution in [3.8, 4) is 0 Å². The summed E-state index contributed by atoms with van der Waals surface area (Å²) in [5.74, 6) is -0.508. The number of aliphatic hydroxyl groups excluding tert-OH is 1. The Labute approximate surface area is 155 Å². The van der Waals surface area contributed by atoms with Crippen molar-refractivity contribution in [3.05, 3.63) is 58.5 Å². The lowest BCUT2D eigenvalue weighted by atomic mass is 10.1. The number of hydrogen-bond acceptors (Lipinski definition) is 4. The minimum absolute atomic E-state index is 0.391. The average Bonchev–Trinajstić information content (AvgIpc) is 2.68. The van der Waals surface area contributed by atoms with Crippen molar-refractivity contribution in [2.24, 2.45) is 5.11 Å². The second-order valence-electron chi connectivity index (χ2n) is 6.18. The molecule has 0 aromatic heterocycles. The molecular weight excluding hydrogens is 330 g/mol. The zero-order valence-corrected chi connectivity index (χ0v) is 15.5. The lowest BCUT2D eigenvalue weighted by molar-refractivity contribution is 0.0304. The van der Waals surface area contributed by atoms with Gasteiger partial charge in [0.25, 0.3) is 0 Å². The molecule has 0 fully saturated rings. The van der Waals surface area contributed by atoms with Gasteiger partial charge in [0.2, 0.25) is 0 Å². The second-order valence-corrected chi connectivity index (χ2v) is 6.18. The first-order valence-electron chi connectivity index (χ1n) is 9.30. The van der Waals surface area contributed by atoms with Gasteiger partial charge in [-0.15, -0.1) is 0 Å². The van der Waals surface area contributed by atoms with Gasteiger partial charge in [-0.3, -0.25) is 0 Å². The van der Waals surface area contributed by atoms with Crippen molar-refractivity contribution >= 4 is 5.97 Å². The van der Waals surface area contributed by atoms with Crippen LogP contribution in [0.25, 0.3) is 10.4 Å². The lowest BCUT2D eigenvalue weighted by Gasteiger charge is -2.19. The third-order valence-corrected chi connectivity index (χ3v) is 4.07. The molecule has 1 aromatic rings. The molecule has 2 atom stereocenters. The van der Waals surface area contributed by atoms with Gasteiger partial charge in [-0.05, 0) is 36.6 Å². The van der Waals surface area contributed by atoms with E-state index in [0.29, 0.717) is 5.56 Å². The van der Waals surface area contributed by atoms with Gasteiger partial charge < -0.3 is 9.84 Å². The second kappa shape index (κ2) is 13.9. The maximum atomic E-state index is 12.2. The molecule has 0 saturated heterocycles. The largest absolute Gasteiger partial charge is 0.454 e. The highest BCUT2D eigenvalue weighted by molar-refractivity contribution is 5.89. The third kappa shape index (κ3) is 8.70. The Bertz CT molecular complexity index is 583. The van der Waals surface area contributed by atoms with Crippen LogP contribution in [-0.4, -0.2) is 29.8 Å². The number of nitrogens with zero attached hydrogens (tertiary/aromatic N) is 3. The molecule has 0 aliphatic carbocycles. The van der Waals surface area contributed by atoms with Crippen LogP contribution in [0.2, 0.25) is 0 Å². The number of allylic oxidation sites excluding steroid dienone is 1. The van der Waals surface area contributed by atoms with E-state index < -0.39 is 24.7 Å². The van der Waals surface area contributed by atoms with Gasteiger partial charge in [0.15, 0.2) is 0 Å². The highest BCUT2D eigenvalue weighted by Gasteiger charge is 2.22. The van der Waals surface area contributed by atoms with E-state index in [0.717, 1.165) is 12.8 Å². The fraction of sp³-hybridized carbons (Fsp3) is 0.550. The number of esters is 1. The van der Waals surface area contributed by atoms with Crippen molar-refractivity contribution in [1.82, 2.24) is 0 Å². The van der Waals surface area contributed by atoms with Crippen LogP contribution in [0.4, 0.5) is 0 Å². The Morgan fingerprint density at radius 3 is 2.58 bits per heavy atom. The Hall–Kier alpha value is -2.30. The van der Waals surface area contributed by atoms with E-state index in [2.05, 4.69) is 16.9 Å². The highest BCUT2D eigenvalue weighted by Crippen LogP contribution is 2.13. The number of azide groups is 1. The molecule has 26 heavy (non-hydrogen) atoms. The summed E-state index contributed by atoms with van der Waals surface area (Å²) in [5, 5.41) is 13.0. The van der Waals surface area contributed by atoms with Crippen LogP contribution in [-0.2, 0) is 4.74 Å². The van der Waals surface area contributed by atoms with Crippen LogP contribution in [0.1, 0.15) is 62.2 Å². The summed E-state index contributed by atoms with van der Waals surface area (Å²) < 4.78 is 5.45. The van der Waals surface area contributed by atoms with Gasteiger partial charge in [0.05, 0.1) is 12.2 Å². The van der Waals surface area contributed by atoms with Crippen LogP contribution >= 0.6 is 0 Å². The maximum absolute atomic E-state index is 12.2. The monoisotopic (exact) mass is 359 g/mol. The summed E-state index contributed by atoms with van der Waals surface area (Å²) in [6.07, 6.45) is 10.9. The zero-order valence-electron chi connectivity index (χ0n) is 15.5. The number of aliphatic hydroxyl groups is 1. The van der Waals surface area contributed by atoms with Crippen LogP contribution in [0.15, 0.2) is 47.6 Å². The number of carbonyl (C=O) groups excluding carboxylic acids is 1. The average molecular weight is 359 g/mol. The molecule has 0 saturated carbocycles. The molecule has 1 rings (SSSR count). The normalized spacial score (nSPS) is 13.2. The number of hydrogen-bond donors (Lipinski definition) is 1. The molecule has 0 radical (unpaired) electrons. The zero-order chi connectivity index (χ0) is 19.0. The molecule has 142 valence electrons. The highest BCUT2D eigenvalue weighted by atomic mass is 16.5. The Morgan fingerprint density at radius 1 is 1.23 bits per heavy atom. The SMILES string of the molecule is CCCCCCCC/C=C/[C@@H](OC(=O)c1ccccc1)[C@H](CO)N=[N+]=[N-]. The van der Waals surface area contributed by atoms with E-state index in [1.165, 1.54) is 32.1 Å². The van der Waals surface area contributed by atoms with E-state index in [4.69, 9.17) is 10.3 Å². The topological polar surface area (TPSA) is 95.3 Å². The minimum atomic E-state index is -0.839. The molecule has 0 amide bonds. The first-order chi connectivity index (χ1) is 12.7. The molecular formula is C20H29N3O3. The summed E-state index contributed by atoms with van der Waals surface area (Å²) in [7, 11) is 0. The van der Waals surface area contributed by atoms with E-state index in [1.54, 1.807) is 30.3 Å². The van der Waals surface area contributed by atoms with Gasteiger partial charge in [-0.25, -0.2) is 4.79 Å². The summed E-state index contributed by atoms with van der Waals surface area (Å²) in [5.41, 5.74) is 9.08. The minimum Gasteiger partial charge on any atom is -0.454 e. The van der Waals surface area contributed by atoms with Crippen LogP contribution in [0.3, 0.4) is 0 Å². The molecule has 0 aliphatic heterocycles. The predicted molar refractivity (Wildman–Crippen MR) is 103 cm³/mol.